The molecule has 7 heavy (non-hydrogen) atoms. The highest BCUT2D eigenvalue weighted by atomic mass is 32.1. The fraction of sp³-hybridized carbons (Fsp3) is 0.250. The lowest BCUT2D eigenvalue weighted by Crippen LogP contribution is -1.62. The molecule has 0 aliphatic heterocycles. The summed E-state index contributed by atoms with van der Waals surface area (Å²) < 4.78 is 3.92. The minimum atomic E-state index is 0.852. The summed E-state index contributed by atoms with van der Waals surface area (Å²) in [4.78, 5) is 0. The van der Waals surface area contributed by atoms with E-state index >= 15 is 0 Å². The Labute approximate surface area is 52.0 Å². The molecule has 0 amide bonds. The molecular weight excluding hydrogens is 126 g/mol. The Bertz CT molecular complexity index is 142. The van der Waals surface area contributed by atoms with Gasteiger partial charge in [-0.1, -0.05) is 0 Å². The maximum absolute atomic E-state index is 4.05. The smallest absolute Gasteiger partial charge is 0.110 e. The Morgan fingerprint density at radius 2 is 2.57 bits per heavy atom. The Hall–Kier alpha value is -0.0200. The minimum Gasteiger partial charge on any atom is -0.186 e. The zero-order valence-corrected chi connectivity index (χ0v) is 5.59. The van der Waals surface area contributed by atoms with E-state index in [0.29, 0.717) is 0 Å². The van der Waals surface area contributed by atoms with E-state index in [-0.39, 0.29) is 0 Å². The van der Waals surface area contributed by atoms with Gasteiger partial charge in [0, 0.05) is 5.38 Å². The molecule has 1 nitrogen and oxygen atoms in total. The molecule has 0 spiro atoms. The molecule has 0 atom stereocenters. The van der Waals surface area contributed by atoms with Crippen molar-refractivity contribution in [2.75, 3.05) is 0 Å². The topological polar surface area (TPSA) is 12.9 Å². The number of aromatic nitrogens is 1. The standard InChI is InChI=1S/C4H5NS2/c1-3-2-7-5-4(3)6/h2H,1H3,(H,5,6). The molecule has 0 bridgehead atoms. The van der Waals surface area contributed by atoms with Crippen LogP contribution in [0.3, 0.4) is 0 Å². The summed E-state index contributed by atoms with van der Waals surface area (Å²) >= 11 is 5.49. The maximum atomic E-state index is 4.05. The normalized spacial score (nSPS) is 9.43. The second kappa shape index (κ2) is 1.84. The summed E-state index contributed by atoms with van der Waals surface area (Å²) in [5, 5.41) is 2.83. The maximum Gasteiger partial charge on any atom is 0.110 e. The number of nitrogens with zero attached hydrogens (tertiary/aromatic N) is 1. The van der Waals surface area contributed by atoms with Gasteiger partial charge in [0.2, 0.25) is 0 Å². The molecule has 1 aromatic heterocycles. The van der Waals surface area contributed by atoms with E-state index in [0.717, 1.165) is 10.6 Å². The quantitative estimate of drug-likeness (QED) is 0.529. The molecule has 3 heteroatoms. The van der Waals surface area contributed by atoms with Crippen molar-refractivity contribution >= 4 is 24.2 Å². The van der Waals surface area contributed by atoms with Crippen molar-refractivity contribution in [2.24, 2.45) is 0 Å². The van der Waals surface area contributed by atoms with Crippen LogP contribution < -0.4 is 0 Å². The lowest BCUT2D eigenvalue weighted by molar-refractivity contribution is 1.22. The molecule has 0 aliphatic carbocycles. The first-order valence-corrected chi connectivity index (χ1v) is 3.19. The molecule has 0 saturated carbocycles. The van der Waals surface area contributed by atoms with Crippen LogP contribution in [0.15, 0.2) is 10.4 Å². The lowest BCUT2D eigenvalue weighted by Gasteiger charge is -1.76. The van der Waals surface area contributed by atoms with Gasteiger partial charge >= 0.3 is 0 Å². The zero-order chi connectivity index (χ0) is 5.28. The SMILES string of the molecule is Cc1csnc1S. The van der Waals surface area contributed by atoms with Gasteiger partial charge in [0.1, 0.15) is 5.03 Å². The molecule has 1 rings (SSSR count). The van der Waals surface area contributed by atoms with E-state index in [2.05, 4.69) is 17.0 Å². The zero-order valence-electron chi connectivity index (χ0n) is 3.88. The van der Waals surface area contributed by atoms with Crippen molar-refractivity contribution in [3.05, 3.63) is 10.9 Å². The van der Waals surface area contributed by atoms with Crippen LogP contribution in [0.1, 0.15) is 5.56 Å². The van der Waals surface area contributed by atoms with Gasteiger partial charge in [-0.2, -0.15) is 4.37 Å². The Morgan fingerprint density at radius 1 is 1.86 bits per heavy atom. The summed E-state index contributed by atoms with van der Waals surface area (Å²) in [5.74, 6) is 0. The first kappa shape index (κ1) is 5.12. The van der Waals surface area contributed by atoms with Crippen LogP contribution in [0.4, 0.5) is 0 Å². The van der Waals surface area contributed by atoms with Crippen LogP contribution in [-0.4, -0.2) is 4.37 Å². The van der Waals surface area contributed by atoms with Crippen molar-refractivity contribution in [3.63, 3.8) is 0 Å². The van der Waals surface area contributed by atoms with Crippen LogP contribution in [0.5, 0.6) is 0 Å². The van der Waals surface area contributed by atoms with Gasteiger partial charge in [0.25, 0.3) is 0 Å². The molecule has 1 heterocycles. The van der Waals surface area contributed by atoms with Crippen molar-refractivity contribution in [3.8, 4) is 0 Å². The molecule has 1 aromatic rings. The lowest BCUT2D eigenvalue weighted by atomic mass is 10.4. The molecule has 0 saturated heterocycles. The number of thiol groups is 1. The predicted molar refractivity (Wildman–Crippen MR) is 34.1 cm³/mol. The first-order chi connectivity index (χ1) is 3.30. The van der Waals surface area contributed by atoms with Gasteiger partial charge in [-0.05, 0) is 24.0 Å². The van der Waals surface area contributed by atoms with Gasteiger partial charge in [-0.25, -0.2) is 0 Å². The summed E-state index contributed by atoms with van der Waals surface area (Å²) in [5.41, 5.74) is 1.16. The highest BCUT2D eigenvalue weighted by Gasteiger charge is 1.90. The average Bonchev–Trinajstić information content (AvgIpc) is 1.91. The number of aryl methyl sites for hydroxylation is 1. The Balaban J connectivity index is 3.12. The number of rotatable bonds is 0. The van der Waals surface area contributed by atoms with Crippen molar-refractivity contribution in [1.82, 2.24) is 4.37 Å². The van der Waals surface area contributed by atoms with E-state index in [4.69, 9.17) is 0 Å². The monoisotopic (exact) mass is 131 g/mol. The molecular formula is C4H5NS2. The summed E-state index contributed by atoms with van der Waals surface area (Å²) in [6, 6.07) is 0. The molecule has 0 radical (unpaired) electrons. The minimum absolute atomic E-state index is 0.852. The van der Waals surface area contributed by atoms with Crippen LogP contribution in [0.25, 0.3) is 0 Å². The van der Waals surface area contributed by atoms with Crippen molar-refractivity contribution in [2.45, 2.75) is 11.9 Å². The summed E-state index contributed by atoms with van der Waals surface area (Å²) in [7, 11) is 0. The third-order valence-corrected chi connectivity index (χ3v) is 2.06. The number of hydrogen-bond donors (Lipinski definition) is 1. The first-order valence-electron chi connectivity index (χ1n) is 1.90. The predicted octanol–water partition coefficient (Wildman–Crippen LogP) is 1.74. The fourth-order valence-electron chi connectivity index (χ4n) is 0.280. The van der Waals surface area contributed by atoms with Gasteiger partial charge in [0.15, 0.2) is 0 Å². The molecule has 38 valence electrons. The van der Waals surface area contributed by atoms with Crippen LogP contribution in [-0.2, 0) is 0 Å². The fourth-order valence-corrected chi connectivity index (χ4v) is 1.14. The average molecular weight is 131 g/mol. The third-order valence-electron chi connectivity index (χ3n) is 0.721. The molecule has 0 N–H and O–H groups in total. The van der Waals surface area contributed by atoms with Crippen LogP contribution in [0.2, 0.25) is 0 Å². The Kier molecular flexibility index (Phi) is 1.35. The van der Waals surface area contributed by atoms with Crippen LogP contribution in [0, 0.1) is 6.92 Å². The van der Waals surface area contributed by atoms with E-state index in [1.165, 1.54) is 11.5 Å². The van der Waals surface area contributed by atoms with E-state index in [1.54, 1.807) is 0 Å². The summed E-state index contributed by atoms with van der Waals surface area (Å²) in [6.07, 6.45) is 0. The molecule has 0 aromatic carbocycles. The van der Waals surface area contributed by atoms with Gasteiger partial charge in [-0.3, -0.25) is 0 Å². The van der Waals surface area contributed by atoms with E-state index in [1.807, 2.05) is 12.3 Å². The molecule has 0 unspecified atom stereocenters. The molecule has 0 aliphatic rings. The van der Waals surface area contributed by atoms with Crippen molar-refractivity contribution < 1.29 is 0 Å². The van der Waals surface area contributed by atoms with Gasteiger partial charge < -0.3 is 0 Å². The van der Waals surface area contributed by atoms with E-state index < -0.39 is 0 Å². The second-order valence-corrected chi connectivity index (χ2v) is 2.37. The third kappa shape index (κ3) is 0.951. The van der Waals surface area contributed by atoms with Crippen molar-refractivity contribution in [1.29, 1.82) is 0 Å². The van der Waals surface area contributed by atoms with Crippen LogP contribution >= 0.6 is 24.2 Å². The summed E-state index contributed by atoms with van der Waals surface area (Å²) in [6.45, 7) is 1.99. The second-order valence-electron chi connectivity index (χ2n) is 1.32. The van der Waals surface area contributed by atoms with E-state index in [9.17, 15) is 0 Å². The number of hydrogen-bond acceptors (Lipinski definition) is 3. The Morgan fingerprint density at radius 3 is 2.71 bits per heavy atom. The highest BCUT2D eigenvalue weighted by Crippen LogP contribution is 2.11. The highest BCUT2D eigenvalue weighted by molar-refractivity contribution is 7.80. The molecule has 0 fully saturated rings. The van der Waals surface area contributed by atoms with Gasteiger partial charge in [-0.15, -0.1) is 12.6 Å². The largest absolute Gasteiger partial charge is 0.186 e. The van der Waals surface area contributed by atoms with Gasteiger partial charge in [0.05, 0.1) is 0 Å².